The Morgan fingerprint density at radius 2 is 1.90 bits per heavy atom. The Balaban J connectivity index is 1.33. The highest BCUT2D eigenvalue weighted by molar-refractivity contribution is 5.86. The molecule has 4 heterocycles. The third kappa shape index (κ3) is 3.38. The maximum Gasteiger partial charge on any atom is 0.226 e. The van der Waals surface area contributed by atoms with Gasteiger partial charge in [0, 0.05) is 61.5 Å². The molecule has 1 N–H and O–H groups in total. The predicted molar refractivity (Wildman–Crippen MR) is 118 cm³/mol. The molecule has 1 atom stereocenters. The Kier molecular flexibility index (Phi) is 4.30. The maximum atomic E-state index is 14.6. The van der Waals surface area contributed by atoms with Crippen molar-refractivity contribution in [1.29, 1.82) is 0 Å². The first-order valence-corrected chi connectivity index (χ1v) is 10.9. The number of hydrogen-bond donors (Lipinski definition) is 1. The van der Waals surface area contributed by atoms with Crippen LogP contribution in [0.4, 0.5) is 10.1 Å². The summed E-state index contributed by atoms with van der Waals surface area (Å²) in [5.74, 6) is 0.771. The minimum absolute atomic E-state index is 0.267. The van der Waals surface area contributed by atoms with Crippen LogP contribution in [-0.4, -0.2) is 58.9 Å². The van der Waals surface area contributed by atoms with Crippen LogP contribution in [0, 0.1) is 5.82 Å². The molecule has 1 aliphatic carbocycles. The minimum Gasteiger partial charge on any atom is -0.460 e. The van der Waals surface area contributed by atoms with Gasteiger partial charge in [0.2, 0.25) is 6.29 Å². The Hall–Kier alpha value is -2.90. The minimum atomic E-state index is -1.15. The number of rotatable bonds is 3. The molecule has 6 nitrogen and oxygen atoms in total. The molecule has 0 amide bonds. The molecule has 0 spiro atoms. The number of aliphatic hydroxyl groups excluding tert-OH is 1. The molecule has 160 valence electrons. The van der Waals surface area contributed by atoms with Crippen molar-refractivity contribution < 1.29 is 14.2 Å². The average Bonchev–Trinajstić information content (AvgIpc) is 3.52. The van der Waals surface area contributed by atoms with Crippen molar-refractivity contribution in [3.8, 4) is 5.75 Å². The number of anilines is 1. The van der Waals surface area contributed by atoms with Gasteiger partial charge in [-0.25, -0.2) is 9.37 Å². The van der Waals surface area contributed by atoms with Crippen molar-refractivity contribution in [3.05, 3.63) is 59.3 Å². The molecule has 7 heteroatoms. The first-order valence-electron chi connectivity index (χ1n) is 10.9. The standard InChI is InChI=1S/C24H25FN4O2/c1-27-6-8-28(9-7-27)18-5-4-16-10-19(24(30)31-22(16)12-18)21-14-29-13-17(15-2-3-15)11-20(25)23(29)26-21/h4-5,10-15,24,30H,2-3,6-9H2,1H3. The molecule has 3 aliphatic rings. The monoisotopic (exact) mass is 420 g/mol. The fraction of sp³-hybridized carbons (Fsp3) is 0.375. The molecule has 1 saturated heterocycles. The molecule has 3 aromatic rings. The first-order chi connectivity index (χ1) is 15.0. The third-order valence-electron chi connectivity index (χ3n) is 6.55. The van der Waals surface area contributed by atoms with Crippen molar-refractivity contribution in [1.82, 2.24) is 14.3 Å². The molecule has 1 saturated carbocycles. The van der Waals surface area contributed by atoms with Crippen LogP contribution in [0.25, 0.3) is 17.3 Å². The molecule has 0 bridgehead atoms. The van der Waals surface area contributed by atoms with Crippen LogP contribution in [-0.2, 0) is 0 Å². The van der Waals surface area contributed by atoms with Gasteiger partial charge < -0.3 is 24.0 Å². The fourth-order valence-corrected chi connectivity index (χ4v) is 4.49. The topological polar surface area (TPSA) is 53.2 Å². The van der Waals surface area contributed by atoms with Crippen molar-refractivity contribution in [2.45, 2.75) is 25.0 Å². The van der Waals surface area contributed by atoms with Crippen LogP contribution in [0.15, 0.2) is 36.7 Å². The lowest BCUT2D eigenvalue weighted by Gasteiger charge is -2.34. The Labute approximate surface area is 180 Å². The van der Waals surface area contributed by atoms with Gasteiger partial charge in [-0.3, -0.25) is 0 Å². The second-order valence-corrected chi connectivity index (χ2v) is 8.84. The number of ether oxygens (including phenoxy) is 1. The van der Waals surface area contributed by atoms with E-state index >= 15 is 0 Å². The Morgan fingerprint density at radius 1 is 1.10 bits per heavy atom. The van der Waals surface area contributed by atoms with E-state index in [4.69, 9.17) is 4.74 Å². The van der Waals surface area contributed by atoms with Crippen molar-refractivity contribution in [2.75, 3.05) is 38.1 Å². The van der Waals surface area contributed by atoms with Crippen LogP contribution in [0.1, 0.15) is 35.6 Å². The van der Waals surface area contributed by atoms with E-state index in [2.05, 4.69) is 27.9 Å². The molecule has 6 rings (SSSR count). The Morgan fingerprint density at radius 3 is 2.68 bits per heavy atom. The van der Waals surface area contributed by atoms with Gasteiger partial charge in [-0.15, -0.1) is 0 Å². The van der Waals surface area contributed by atoms with E-state index < -0.39 is 6.29 Å². The first kappa shape index (κ1) is 18.8. The van der Waals surface area contributed by atoms with Gasteiger partial charge in [-0.05, 0) is 55.6 Å². The zero-order valence-electron chi connectivity index (χ0n) is 17.5. The number of aliphatic hydroxyl groups is 1. The summed E-state index contributed by atoms with van der Waals surface area (Å²) in [5, 5.41) is 10.7. The molecule has 1 aromatic carbocycles. The van der Waals surface area contributed by atoms with Crippen molar-refractivity contribution in [2.24, 2.45) is 0 Å². The van der Waals surface area contributed by atoms with Gasteiger partial charge in [0.1, 0.15) is 5.75 Å². The number of likely N-dealkylation sites (N-methyl/N-ethyl adjacent to an activating group) is 1. The average molecular weight is 420 g/mol. The predicted octanol–water partition coefficient (Wildman–Crippen LogP) is 3.35. The van der Waals surface area contributed by atoms with Crippen LogP contribution in [0.3, 0.4) is 0 Å². The zero-order valence-corrected chi connectivity index (χ0v) is 17.5. The molecular weight excluding hydrogens is 395 g/mol. The van der Waals surface area contributed by atoms with Gasteiger partial charge >= 0.3 is 0 Å². The molecule has 31 heavy (non-hydrogen) atoms. The van der Waals surface area contributed by atoms with E-state index in [1.165, 1.54) is 0 Å². The summed E-state index contributed by atoms with van der Waals surface area (Å²) in [6, 6.07) is 7.67. The number of halogens is 1. The van der Waals surface area contributed by atoms with E-state index in [0.29, 0.717) is 22.9 Å². The highest BCUT2D eigenvalue weighted by Crippen LogP contribution is 2.41. The van der Waals surface area contributed by atoms with E-state index in [1.807, 2.05) is 24.4 Å². The number of benzene rings is 1. The lowest BCUT2D eigenvalue weighted by Crippen LogP contribution is -2.44. The normalized spacial score (nSPS) is 21.7. The molecular formula is C24H25FN4O2. The number of fused-ring (bicyclic) bond motifs is 2. The van der Waals surface area contributed by atoms with E-state index in [-0.39, 0.29) is 11.5 Å². The highest BCUT2D eigenvalue weighted by atomic mass is 19.1. The number of aromatic nitrogens is 2. The molecule has 2 fully saturated rings. The van der Waals surface area contributed by atoms with Crippen LogP contribution < -0.4 is 9.64 Å². The van der Waals surface area contributed by atoms with Crippen LogP contribution in [0.5, 0.6) is 5.75 Å². The van der Waals surface area contributed by atoms with Gasteiger partial charge in [-0.1, -0.05) is 0 Å². The summed E-state index contributed by atoms with van der Waals surface area (Å²) in [6.07, 6.45) is 6.67. The molecule has 2 aromatic heterocycles. The second kappa shape index (κ2) is 7.07. The highest BCUT2D eigenvalue weighted by Gasteiger charge is 2.28. The van der Waals surface area contributed by atoms with Gasteiger partial charge in [0.05, 0.1) is 5.69 Å². The third-order valence-corrected chi connectivity index (χ3v) is 6.55. The smallest absolute Gasteiger partial charge is 0.226 e. The second-order valence-electron chi connectivity index (χ2n) is 8.84. The summed E-state index contributed by atoms with van der Waals surface area (Å²) in [6.45, 7) is 3.98. The number of pyridine rings is 1. The summed E-state index contributed by atoms with van der Waals surface area (Å²) < 4.78 is 22.2. The van der Waals surface area contributed by atoms with Gasteiger partial charge in [-0.2, -0.15) is 0 Å². The van der Waals surface area contributed by atoms with Crippen molar-refractivity contribution in [3.63, 3.8) is 0 Å². The molecule has 1 unspecified atom stereocenters. The fourth-order valence-electron chi connectivity index (χ4n) is 4.49. The van der Waals surface area contributed by atoms with E-state index in [0.717, 1.165) is 55.8 Å². The van der Waals surface area contributed by atoms with E-state index in [9.17, 15) is 9.50 Å². The number of piperazine rings is 1. The number of nitrogens with zero attached hydrogens (tertiary/aromatic N) is 4. The molecule has 2 aliphatic heterocycles. The number of imidazole rings is 1. The number of hydrogen-bond acceptors (Lipinski definition) is 5. The zero-order chi connectivity index (χ0) is 21.1. The largest absolute Gasteiger partial charge is 0.460 e. The van der Waals surface area contributed by atoms with Gasteiger partial charge in [0.25, 0.3) is 0 Å². The summed E-state index contributed by atoms with van der Waals surface area (Å²) in [4.78, 5) is 9.09. The summed E-state index contributed by atoms with van der Waals surface area (Å²) in [7, 11) is 2.13. The quantitative estimate of drug-likeness (QED) is 0.704. The lowest BCUT2D eigenvalue weighted by atomic mass is 10.0. The molecule has 0 radical (unpaired) electrons. The van der Waals surface area contributed by atoms with E-state index in [1.54, 1.807) is 16.7 Å². The lowest BCUT2D eigenvalue weighted by molar-refractivity contribution is 0.0318. The van der Waals surface area contributed by atoms with Crippen LogP contribution in [0.2, 0.25) is 0 Å². The van der Waals surface area contributed by atoms with Crippen molar-refractivity contribution >= 4 is 23.0 Å². The van der Waals surface area contributed by atoms with Gasteiger partial charge in [0.15, 0.2) is 11.5 Å². The maximum absolute atomic E-state index is 14.6. The SMILES string of the molecule is CN1CCN(c2ccc3c(c2)OC(O)C(c2cn4cc(C5CC5)cc(F)c4n2)=C3)CC1. The Bertz CT molecular complexity index is 1190. The van der Waals surface area contributed by atoms with Crippen LogP contribution >= 0.6 is 0 Å². The summed E-state index contributed by atoms with van der Waals surface area (Å²) in [5.41, 5.74) is 4.31. The summed E-state index contributed by atoms with van der Waals surface area (Å²) >= 11 is 0.